The molecule has 0 bridgehead atoms. The number of ether oxygens (including phenoxy) is 3. The Morgan fingerprint density at radius 2 is 1.89 bits per heavy atom. The zero-order valence-corrected chi connectivity index (χ0v) is 20.9. The Bertz CT molecular complexity index is 1390. The van der Waals surface area contributed by atoms with E-state index in [1.54, 1.807) is 12.3 Å². The van der Waals surface area contributed by atoms with E-state index in [0.29, 0.717) is 43.2 Å². The van der Waals surface area contributed by atoms with Crippen LogP contribution in [0.25, 0.3) is 16.9 Å². The molecule has 3 aliphatic rings. The molecule has 0 radical (unpaired) electrons. The van der Waals surface area contributed by atoms with Crippen molar-refractivity contribution in [3.63, 3.8) is 0 Å². The van der Waals surface area contributed by atoms with E-state index in [4.69, 9.17) is 14.2 Å². The van der Waals surface area contributed by atoms with Crippen LogP contribution in [0.2, 0.25) is 0 Å². The van der Waals surface area contributed by atoms with Gasteiger partial charge in [-0.3, -0.25) is 14.0 Å². The number of hydrogen-bond donors (Lipinski definition) is 1. The number of amides is 2. The maximum Gasteiger partial charge on any atom is 0.387 e. The second-order valence-electron chi connectivity index (χ2n) is 9.95. The number of methoxy groups -OCH3 is 1. The van der Waals surface area contributed by atoms with Crippen LogP contribution in [0.1, 0.15) is 41.6 Å². The third kappa shape index (κ3) is 4.44. The van der Waals surface area contributed by atoms with Gasteiger partial charge in [0.25, 0.3) is 5.91 Å². The number of halogens is 2. The largest absolute Gasteiger partial charge is 0.496 e. The highest BCUT2D eigenvalue weighted by Gasteiger charge is 2.53. The highest BCUT2D eigenvalue weighted by Crippen LogP contribution is 2.50. The lowest BCUT2D eigenvalue weighted by Crippen LogP contribution is -2.45. The van der Waals surface area contributed by atoms with E-state index in [1.807, 2.05) is 27.6 Å². The van der Waals surface area contributed by atoms with Crippen molar-refractivity contribution in [3.05, 3.63) is 47.8 Å². The Kier molecular flexibility index (Phi) is 6.17. The number of aromatic nitrogens is 2. The Morgan fingerprint density at radius 1 is 1.16 bits per heavy atom. The van der Waals surface area contributed by atoms with E-state index < -0.39 is 17.9 Å². The number of alkyl halides is 2. The topological polar surface area (TPSA) is 94.4 Å². The van der Waals surface area contributed by atoms with Crippen molar-refractivity contribution in [1.82, 2.24) is 19.6 Å². The molecule has 200 valence electrons. The van der Waals surface area contributed by atoms with Gasteiger partial charge in [0.15, 0.2) is 0 Å². The first-order valence-corrected chi connectivity index (χ1v) is 12.7. The number of fused-ring (bicyclic) bond motifs is 1. The lowest BCUT2D eigenvalue weighted by molar-refractivity contribution is -0.138. The van der Waals surface area contributed by atoms with Crippen molar-refractivity contribution in [1.29, 1.82) is 0 Å². The second kappa shape index (κ2) is 9.54. The van der Waals surface area contributed by atoms with Crippen LogP contribution in [0.3, 0.4) is 0 Å². The smallest absolute Gasteiger partial charge is 0.387 e. The number of nitrogens with zero attached hydrogens (tertiary/aromatic N) is 3. The molecule has 3 fully saturated rings. The molecule has 1 aliphatic heterocycles. The lowest BCUT2D eigenvalue weighted by Gasteiger charge is -2.30. The first kappa shape index (κ1) is 24.6. The summed E-state index contributed by atoms with van der Waals surface area (Å²) < 4.78 is 44.0. The molecular weight excluding hydrogens is 498 g/mol. The van der Waals surface area contributed by atoms with Gasteiger partial charge < -0.3 is 24.4 Å². The van der Waals surface area contributed by atoms with E-state index in [9.17, 15) is 18.4 Å². The van der Waals surface area contributed by atoms with Crippen LogP contribution < -0.4 is 14.8 Å². The van der Waals surface area contributed by atoms with Gasteiger partial charge in [-0.05, 0) is 55.5 Å². The summed E-state index contributed by atoms with van der Waals surface area (Å²) >= 11 is 0. The molecular formula is C27H28F2N4O5. The summed E-state index contributed by atoms with van der Waals surface area (Å²) in [7, 11) is 1.38. The molecule has 2 amide bonds. The SMILES string of the molecule is COc1cc(-c2cnc3cc(C4(C(=O)N5CCOCC5)CC4)ccn23)cc(OC(F)F)c1C(=O)NC1CC1. The first-order chi connectivity index (χ1) is 18.4. The van der Waals surface area contributed by atoms with Crippen LogP contribution in [0, 0.1) is 0 Å². The number of nitrogens with one attached hydrogen (secondary N) is 1. The molecule has 1 saturated heterocycles. The van der Waals surface area contributed by atoms with Crippen molar-refractivity contribution in [3.8, 4) is 22.8 Å². The molecule has 2 saturated carbocycles. The van der Waals surface area contributed by atoms with Crippen molar-refractivity contribution >= 4 is 17.5 Å². The van der Waals surface area contributed by atoms with Gasteiger partial charge in [0.1, 0.15) is 22.7 Å². The summed E-state index contributed by atoms with van der Waals surface area (Å²) in [4.78, 5) is 32.5. The van der Waals surface area contributed by atoms with Crippen LogP contribution in [-0.4, -0.2) is 72.2 Å². The third-order valence-electron chi connectivity index (χ3n) is 7.46. The molecule has 11 heteroatoms. The Labute approximate surface area is 217 Å². The molecule has 2 aromatic heterocycles. The molecule has 1 aromatic carbocycles. The number of morpholine rings is 1. The highest BCUT2D eigenvalue weighted by atomic mass is 19.3. The number of rotatable bonds is 8. The summed E-state index contributed by atoms with van der Waals surface area (Å²) in [6.45, 7) is -0.838. The van der Waals surface area contributed by atoms with Crippen LogP contribution >= 0.6 is 0 Å². The number of benzene rings is 1. The number of hydrogen-bond acceptors (Lipinski definition) is 6. The molecule has 1 N–H and O–H groups in total. The third-order valence-corrected chi connectivity index (χ3v) is 7.46. The molecule has 3 heterocycles. The van der Waals surface area contributed by atoms with E-state index in [2.05, 4.69) is 10.3 Å². The highest BCUT2D eigenvalue weighted by molar-refractivity contribution is 6.01. The standard InChI is InChI=1S/C27H28F2N4O5/c1-36-20-12-16(13-21(38-26(28)29)23(20)24(34)31-18-2-3-18)19-15-30-22-14-17(4-7-33(19)22)27(5-6-27)25(35)32-8-10-37-11-9-32/h4,7,12-15,18,26H,2-3,5-6,8-11H2,1H3,(H,31,34). The Hall–Kier alpha value is -3.73. The average molecular weight is 527 g/mol. The maximum atomic E-state index is 13.3. The van der Waals surface area contributed by atoms with Crippen molar-refractivity contribution < 1.29 is 32.6 Å². The number of imidazole rings is 1. The molecule has 38 heavy (non-hydrogen) atoms. The van der Waals surface area contributed by atoms with Gasteiger partial charge in [0.2, 0.25) is 5.91 Å². The second-order valence-corrected chi connectivity index (χ2v) is 9.95. The van der Waals surface area contributed by atoms with E-state index in [1.165, 1.54) is 13.2 Å². The van der Waals surface area contributed by atoms with Crippen LogP contribution in [-0.2, 0) is 14.9 Å². The zero-order chi connectivity index (χ0) is 26.4. The fourth-order valence-electron chi connectivity index (χ4n) is 5.11. The normalized spacial score (nSPS) is 18.5. The zero-order valence-electron chi connectivity index (χ0n) is 20.9. The quantitative estimate of drug-likeness (QED) is 0.484. The van der Waals surface area contributed by atoms with Gasteiger partial charge in [-0.1, -0.05) is 0 Å². The predicted octanol–water partition coefficient (Wildman–Crippen LogP) is 3.39. The molecule has 0 atom stereocenters. The monoisotopic (exact) mass is 526 g/mol. The van der Waals surface area contributed by atoms with Crippen molar-refractivity contribution in [2.75, 3.05) is 33.4 Å². The van der Waals surface area contributed by atoms with Gasteiger partial charge in [-0.15, -0.1) is 0 Å². The summed E-state index contributed by atoms with van der Waals surface area (Å²) in [5, 5.41) is 2.80. The summed E-state index contributed by atoms with van der Waals surface area (Å²) in [5.41, 5.74) is 2.00. The van der Waals surface area contributed by atoms with Crippen LogP contribution in [0.5, 0.6) is 11.5 Å². The minimum atomic E-state index is -3.12. The maximum absolute atomic E-state index is 13.3. The van der Waals surface area contributed by atoms with E-state index in [0.717, 1.165) is 31.2 Å². The molecule has 6 rings (SSSR count). The van der Waals surface area contributed by atoms with Crippen LogP contribution in [0.4, 0.5) is 8.78 Å². The number of carbonyl (C=O) groups excluding carboxylic acids is 2. The van der Waals surface area contributed by atoms with E-state index in [-0.39, 0.29) is 29.0 Å². The first-order valence-electron chi connectivity index (χ1n) is 12.7. The molecule has 0 unspecified atom stereocenters. The van der Waals surface area contributed by atoms with Crippen LogP contribution in [0.15, 0.2) is 36.7 Å². The summed E-state index contributed by atoms with van der Waals surface area (Å²) in [5.74, 6) is -0.549. The minimum Gasteiger partial charge on any atom is -0.496 e. The van der Waals surface area contributed by atoms with E-state index >= 15 is 0 Å². The molecule has 9 nitrogen and oxygen atoms in total. The lowest BCUT2D eigenvalue weighted by atomic mass is 9.95. The van der Waals surface area contributed by atoms with Gasteiger partial charge in [-0.25, -0.2) is 4.98 Å². The summed E-state index contributed by atoms with van der Waals surface area (Å²) in [6, 6.07) is 6.86. The Balaban J connectivity index is 1.35. The predicted molar refractivity (Wildman–Crippen MR) is 133 cm³/mol. The van der Waals surface area contributed by atoms with Gasteiger partial charge >= 0.3 is 6.61 Å². The summed E-state index contributed by atoms with van der Waals surface area (Å²) in [6.07, 6.45) is 6.70. The number of carbonyl (C=O) groups is 2. The van der Waals surface area contributed by atoms with Gasteiger partial charge in [0.05, 0.1) is 37.6 Å². The number of pyridine rings is 1. The van der Waals surface area contributed by atoms with Crippen molar-refractivity contribution in [2.24, 2.45) is 0 Å². The fourth-order valence-corrected chi connectivity index (χ4v) is 5.11. The molecule has 3 aromatic rings. The van der Waals surface area contributed by atoms with Crippen molar-refractivity contribution in [2.45, 2.75) is 43.8 Å². The average Bonchev–Trinajstić information content (AvgIpc) is 3.85. The fraction of sp³-hybridized carbons (Fsp3) is 0.444. The van der Waals surface area contributed by atoms with Gasteiger partial charge in [0, 0.05) is 30.9 Å². The van der Waals surface area contributed by atoms with Gasteiger partial charge in [-0.2, -0.15) is 8.78 Å². The minimum absolute atomic E-state index is 0.0316. The molecule has 0 spiro atoms. The molecule has 2 aliphatic carbocycles. The Morgan fingerprint density at radius 3 is 2.55 bits per heavy atom.